The minimum Gasteiger partial charge on any atom is -0.399 e. The number of rotatable bonds is 8. The van der Waals surface area contributed by atoms with Crippen molar-refractivity contribution in [2.45, 2.75) is 33.0 Å². The van der Waals surface area contributed by atoms with Gasteiger partial charge in [-0.15, -0.1) is 0 Å². The fourth-order valence-electron chi connectivity index (χ4n) is 3.21. The van der Waals surface area contributed by atoms with E-state index < -0.39 is 5.56 Å². The number of nitrogens with one attached hydrogen (secondary N) is 2. The van der Waals surface area contributed by atoms with E-state index >= 15 is 0 Å². The molecule has 0 fully saturated rings. The number of amides is 1. The summed E-state index contributed by atoms with van der Waals surface area (Å²) in [4.78, 5) is 30.5. The van der Waals surface area contributed by atoms with Gasteiger partial charge in [0.25, 0.3) is 5.56 Å². The lowest BCUT2D eigenvalue weighted by atomic mass is 10.1. The number of nitrogens with zero attached hydrogens (tertiary/aromatic N) is 2. The first-order valence-corrected chi connectivity index (χ1v) is 11.0. The average molecular weight is 485 g/mol. The van der Waals surface area contributed by atoms with E-state index in [1.807, 2.05) is 26.0 Å². The van der Waals surface area contributed by atoms with Crippen molar-refractivity contribution in [3.8, 4) is 11.3 Å². The van der Waals surface area contributed by atoms with Crippen LogP contribution in [0.1, 0.15) is 25.0 Å². The summed E-state index contributed by atoms with van der Waals surface area (Å²) in [7, 11) is 0. The topological polar surface area (TPSA) is 128 Å². The molecule has 0 aliphatic carbocycles. The Morgan fingerprint density at radius 1 is 1.21 bits per heavy atom. The average Bonchev–Trinajstić information content (AvgIpc) is 2.75. The molecule has 0 aliphatic heterocycles. The van der Waals surface area contributed by atoms with Crippen LogP contribution < -0.4 is 27.7 Å². The first-order chi connectivity index (χ1) is 15.7. The lowest BCUT2D eigenvalue weighted by molar-refractivity contribution is -0.121. The van der Waals surface area contributed by atoms with Gasteiger partial charge in [-0.2, -0.15) is 0 Å². The Morgan fingerprint density at radius 3 is 2.52 bits per heavy atom. The van der Waals surface area contributed by atoms with Gasteiger partial charge < -0.3 is 22.1 Å². The van der Waals surface area contributed by atoms with Crippen LogP contribution in [0.5, 0.6) is 0 Å². The standard InChI is InChI=1S/C23H25ClN6O2S/c1-13(2)28-22-23(32)30(19(20(24)29-22)16-4-3-5-17(25)10-16)12-18(31)27-11-14-6-8-15(9-7-14)21(26)33/h3-10,13H,11-12,25H2,1-2H3,(H2,26,33)(H,27,31)(H,28,29). The van der Waals surface area contributed by atoms with E-state index in [0.29, 0.717) is 21.9 Å². The van der Waals surface area contributed by atoms with E-state index in [1.165, 1.54) is 4.57 Å². The van der Waals surface area contributed by atoms with Crippen LogP contribution >= 0.6 is 23.8 Å². The maximum absolute atomic E-state index is 13.2. The van der Waals surface area contributed by atoms with Gasteiger partial charge in [0.1, 0.15) is 11.5 Å². The van der Waals surface area contributed by atoms with Gasteiger partial charge in [-0.05, 0) is 31.5 Å². The Morgan fingerprint density at radius 2 is 1.91 bits per heavy atom. The van der Waals surface area contributed by atoms with Crippen LogP contribution in [0.2, 0.25) is 5.15 Å². The van der Waals surface area contributed by atoms with Crippen molar-refractivity contribution in [2.75, 3.05) is 11.1 Å². The third-order valence-corrected chi connectivity index (χ3v) is 5.24. The number of nitrogen functional groups attached to an aromatic ring is 1. The van der Waals surface area contributed by atoms with Crippen LogP contribution in [-0.2, 0) is 17.9 Å². The van der Waals surface area contributed by atoms with E-state index in [1.54, 1.807) is 36.4 Å². The third kappa shape index (κ3) is 6.09. The van der Waals surface area contributed by atoms with E-state index in [9.17, 15) is 9.59 Å². The second kappa shape index (κ2) is 10.5. The number of carbonyl (C=O) groups is 1. The predicted octanol–water partition coefficient (Wildman–Crippen LogP) is 2.92. The molecule has 3 rings (SSSR count). The summed E-state index contributed by atoms with van der Waals surface area (Å²) in [5.41, 5.74) is 14.1. The van der Waals surface area contributed by atoms with E-state index in [0.717, 1.165) is 11.1 Å². The number of halogens is 1. The number of nitrogens with two attached hydrogens (primary N) is 2. The molecular formula is C23H25ClN6O2S. The fraction of sp³-hybridized carbons (Fsp3) is 0.217. The fourth-order valence-corrected chi connectivity index (χ4v) is 3.64. The number of anilines is 2. The van der Waals surface area contributed by atoms with Crippen molar-refractivity contribution in [1.29, 1.82) is 0 Å². The molecule has 8 nitrogen and oxygen atoms in total. The number of thiocarbonyl (C=S) groups is 1. The van der Waals surface area contributed by atoms with Gasteiger partial charge in [-0.1, -0.05) is 60.2 Å². The summed E-state index contributed by atoms with van der Waals surface area (Å²) in [5.74, 6) is -0.290. The lowest BCUT2D eigenvalue weighted by Crippen LogP contribution is -2.35. The first-order valence-electron chi connectivity index (χ1n) is 10.2. The molecule has 0 radical (unpaired) electrons. The quantitative estimate of drug-likeness (QED) is 0.286. The van der Waals surface area contributed by atoms with Crippen LogP contribution in [-0.4, -0.2) is 26.5 Å². The van der Waals surface area contributed by atoms with Gasteiger partial charge in [0.2, 0.25) is 5.91 Å². The van der Waals surface area contributed by atoms with Crippen molar-refractivity contribution in [2.24, 2.45) is 5.73 Å². The van der Waals surface area contributed by atoms with Crippen LogP contribution in [0, 0.1) is 0 Å². The Hall–Kier alpha value is -3.43. The molecule has 0 atom stereocenters. The molecule has 1 amide bonds. The van der Waals surface area contributed by atoms with Crippen molar-refractivity contribution in [3.63, 3.8) is 0 Å². The maximum Gasteiger partial charge on any atom is 0.294 e. The van der Waals surface area contributed by atoms with Crippen LogP contribution in [0.25, 0.3) is 11.3 Å². The minimum atomic E-state index is -0.457. The summed E-state index contributed by atoms with van der Waals surface area (Å²) >= 11 is 11.4. The van der Waals surface area contributed by atoms with Crippen LogP contribution in [0.15, 0.2) is 53.3 Å². The lowest BCUT2D eigenvalue weighted by Gasteiger charge is -2.18. The van der Waals surface area contributed by atoms with Crippen LogP contribution in [0.3, 0.4) is 0 Å². The molecule has 3 aromatic rings. The zero-order chi connectivity index (χ0) is 24.1. The summed E-state index contributed by atoms with van der Waals surface area (Å²) in [5, 5.41) is 5.89. The van der Waals surface area contributed by atoms with Gasteiger partial charge in [0, 0.05) is 29.4 Å². The second-order valence-electron chi connectivity index (χ2n) is 7.75. The number of aromatic nitrogens is 2. The Kier molecular flexibility index (Phi) is 7.67. The van der Waals surface area contributed by atoms with Gasteiger partial charge in [-0.3, -0.25) is 14.2 Å². The first kappa shape index (κ1) is 24.2. The van der Waals surface area contributed by atoms with Crippen molar-refractivity contribution < 1.29 is 4.79 Å². The monoisotopic (exact) mass is 484 g/mol. The molecule has 10 heteroatoms. The van der Waals surface area contributed by atoms with Crippen molar-refractivity contribution in [3.05, 3.63) is 75.2 Å². The molecule has 1 heterocycles. The molecular weight excluding hydrogens is 460 g/mol. The van der Waals surface area contributed by atoms with Gasteiger partial charge in [0.15, 0.2) is 11.0 Å². The SMILES string of the molecule is CC(C)Nc1nc(Cl)c(-c2cccc(N)c2)n(CC(=O)NCc2ccc(C(N)=S)cc2)c1=O. The molecule has 0 saturated carbocycles. The van der Waals surface area contributed by atoms with E-state index in [4.69, 9.17) is 35.3 Å². The zero-order valence-electron chi connectivity index (χ0n) is 18.3. The minimum absolute atomic E-state index is 0.0499. The van der Waals surface area contributed by atoms with Crippen molar-refractivity contribution >= 4 is 46.2 Å². The molecule has 0 saturated heterocycles. The summed E-state index contributed by atoms with van der Waals surface area (Å²) in [6.07, 6.45) is 0. The molecule has 33 heavy (non-hydrogen) atoms. The number of hydrogen-bond donors (Lipinski definition) is 4. The predicted molar refractivity (Wildman–Crippen MR) is 136 cm³/mol. The molecule has 0 spiro atoms. The Labute approximate surface area is 202 Å². The molecule has 0 unspecified atom stereocenters. The third-order valence-electron chi connectivity index (χ3n) is 4.74. The molecule has 1 aromatic heterocycles. The highest BCUT2D eigenvalue weighted by molar-refractivity contribution is 7.80. The van der Waals surface area contributed by atoms with Gasteiger partial charge >= 0.3 is 0 Å². The molecule has 2 aromatic carbocycles. The molecule has 0 aliphatic rings. The van der Waals surface area contributed by atoms with Gasteiger partial charge in [-0.25, -0.2) is 4.98 Å². The number of carbonyl (C=O) groups excluding carboxylic acids is 1. The molecule has 172 valence electrons. The summed E-state index contributed by atoms with van der Waals surface area (Å²) in [6, 6.07) is 14.1. The second-order valence-corrected chi connectivity index (χ2v) is 8.55. The number of benzene rings is 2. The van der Waals surface area contributed by atoms with E-state index in [-0.39, 0.29) is 36.0 Å². The summed E-state index contributed by atoms with van der Waals surface area (Å²) < 4.78 is 1.31. The van der Waals surface area contributed by atoms with Crippen LogP contribution in [0.4, 0.5) is 11.5 Å². The smallest absolute Gasteiger partial charge is 0.294 e. The maximum atomic E-state index is 13.2. The number of hydrogen-bond acceptors (Lipinski definition) is 6. The van der Waals surface area contributed by atoms with Gasteiger partial charge in [0.05, 0.1) is 5.69 Å². The zero-order valence-corrected chi connectivity index (χ0v) is 19.8. The Balaban J connectivity index is 1.90. The highest BCUT2D eigenvalue weighted by atomic mass is 35.5. The Bertz CT molecular complexity index is 1240. The highest BCUT2D eigenvalue weighted by Gasteiger charge is 2.20. The normalized spacial score (nSPS) is 10.8. The van der Waals surface area contributed by atoms with Crippen molar-refractivity contribution in [1.82, 2.24) is 14.9 Å². The molecule has 6 N–H and O–H groups in total. The molecule has 0 bridgehead atoms. The highest BCUT2D eigenvalue weighted by Crippen LogP contribution is 2.27. The summed E-state index contributed by atoms with van der Waals surface area (Å²) in [6.45, 7) is 3.78. The van der Waals surface area contributed by atoms with E-state index in [2.05, 4.69) is 15.6 Å². The largest absolute Gasteiger partial charge is 0.399 e.